The lowest BCUT2D eigenvalue weighted by Gasteiger charge is -2.01. The Morgan fingerprint density at radius 2 is 1.96 bits per heavy atom. The number of nitrogens with one attached hydrogen (secondary N) is 2. The third-order valence-corrected chi connectivity index (χ3v) is 6.11. The van der Waals surface area contributed by atoms with Crippen LogP contribution in [0.3, 0.4) is 0 Å². The molecular formula is C17H17N3O5S2. The maximum Gasteiger partial charge on any atom is 0.339 e. The fourth-order valence-electron chi connectivity index (χ4n) is 2.73. The normalized spacial score (nSPS) is 11.6. The molecule has 2 aromatic heterocycles. The molecule has 8 nitrogen and oxygen atoms in total. The van der Waals surface area contributed by atoms with Crippen molar-refractivity contribution in [3.8, 4) is 0 Å². The smallest absolute Gasteiger partial charge is 0.339 e. The van der Waals surface area contributed by atoms with Gasteiger partial charge < -0.3 is 9.72 Å². The van der Waals surface area contributed by atoms with Crippen LogP contribution in [-0.2, 0) is 14.6 Å². The summed E-state index contributed by atoms with van der Waals surface area (Å²) >= 11 is 1.17. The van der Waals surface area contributed by atoms with E-state index in [0.29, 0.717) is 32.2 Å². The second-order valence-electron chi connectivity index (χ2n) is 5.99. The molecule has 0 spiro atoms. The first kappa shape index (κ1) is 19.1. The standard InChI is InChI=1S/C17H17N3O5S2/c1-8-13(16(22)25-3)9(2)18-14(8)15(21)20-17-19-11-6-5-10(27(4,23)24)7-12(11)26-17/h5-7,18H,1-4H3,(H,19,20,21). The molecule has 0 aliphatic rings. The quantitative estimate of drug-likeness (QED) is 0.642. The molecule has 1 aromatic carbocycles. The van der Waals surface area contributed by atoms with Gasteiger partial charge in [-0.1, -0.05) is 11.3 Å². The Labute approximate surface area is 159 Å². The third-order valence-electron chi connectivity index (χ3n) is 4.06. The van der Waals surface area contributed by atoms with Crippen molar-refractivity contribution >= 4 is 48.4 Å². The van der Waals surface area contributed by atoms with E-state index in [-0.39, 0.29) is 10.6 Å². The van der Waals surface area contributed by atoms with E-state index in [4.69, 9.17) is 4.74 Å². The van der Waals surface area contributed by atoms with Gasteiger partial charge in [-0.2, -0.15) is 0 Å². The van der Waals surface area contributed by atoms with Crippen LogP contribution >= 0.6 is 11.3 Å². The molecule has 2 heterocycles. The molecule has 3 aromatic rings. The number of fused-ring (bicyclic) bond motifs is 1. The topological polar surface area (TPSA) is 118 Å². The second-order valence-corrected chi connectivity index (χ2v) is 9.04. The number of benzene rings is 1. The minimum atomic E-state index is -3.33. The van der Waals surface area contributed by atoms with E-state index in [1.807, 2.05) is 0 Å². The number of anilines is 1. The number of hydrogen-bond acceptors (Lipinski definition) is 7. The Hall–Kier alpha value is -2.72. The maximum absolute atomic E-state index is 12.6. The van der Waals surface area contributed by atoms with Crippen molar-refractivity contribution in [2.24, 2.45) is 0 Å². The molecular weight excluding hydrogens is 390 g/mol. The Balaban J connectivity index is 1.92. The number of aromatic amines is 1. The fourth-order valence-corrected chi connectivity index (χ4v) is 4.36. The van der Waals surface area contributed by atoms with Crippen LogP contribution in [0.2, 0.25) is 0 Å². The summed E-state index contributed by atoms with van der Waals surface area (Å²) in [5, 5.41) is 3.01. The molecule has 0 aliphatic heterocycles. The van der Waals surface area contributed by atoms with Gasteiger partial charge in [-0.15, -0.1) is 0 Å². The van der Waals surface area contributed by atoms with Crippen LogP contribution in [0.5, 0.6) is 0 Å². The minimum Gasteiger partial charge on any atom is -0.465 e. The SMILES string of the molecule is COC(=O)c1c(C)[nH]c(C(=O)Nc2nc3ccc(S(C)(=O)=O)cc3s2)c1C. The Bertz CT molecular complexity index is 1170. The van der Waals surface area contributed by atoms with Gasteiger partial charge in [-0.05, 0) is 37.6 Å². The first-order chi connectivity index (χ1) is 12.6. The van der Waals surface area contributed by atoms with E-state index in [9.17, 15) is 18.0 Å². The van der Waals surface area contributed by atoms with Crippen LogP contribution in [0, 0.1) is 13.8 Å². The van der Waals surface area contributed by atoms with E-state index in [1.54, 1.807) is 19.9 Å². The highest BCUT2D eigenvalue weighted by atomic mass is 32.2. The number of nitrogens with zero attached hydrogens (tertiary/aromatic N) is 1. The first-order valence-electron chi connectivity index (χ1n) is 7.81. The molecule has 3 rings (SSSR count). The lowest BCUT2D eigenvalue weighted by Crippen LogP contribution is -2.14. The predicted molar refractivity (Wildman–Crippen MR) is 102 cm³/mol. The molecule has 0 saturated heterocycles. The third kappa shape index (κ3) is 3.58. The van der Waals surface area contributed by atoms with Crippen LogP contribution in [0.4, 0.5) is 5.13 Å². The Morgan fingerprint density at radius 3 is 2.59 bits per heavy atom. The van der Waals surface area contributed by atoms with Crippen molar-refractivity contribution in [1.82, 2.24) is 9.97 Å². The number of carbonyl (C=O) groups excluding carboxylic acids is 2. The van der Waals surface area contributed by atoms with Crippen molar-refractivity contribution in [1.29, 1.82) is 0 Å². The number of aryl methyl sites for hydroxylation is 1. The number of aromatic nitrogens is 2. The number of carbonyl (C=O) groups is 2. The summed E-state index contributed by atoms with van der Waals surface area (Å²) in [4.78, 5) is 31.8. The van der Waals surface area contributed by atoms with Crippen LogP contribution in [-0.4, -0.2) is 43.6 Å². The molecule has 1 amide bonds. The molecule has 27 heavy (non-hydrogen) atoms. The summed E-state index contributed by atoms with van der Waals surface area (Å²) in [6, 6.07) is 4.60. The largest absolute Gasteiger partial charge is 0.465 e. The number of esters is 1. The summed E-state index contributed by atoms with van der Waals surface area (Å²) in [5.41, 5.74) is 2.16. The summed E-state index contributed by atoms with van der Waals surface area (Å²) in [6.07, 6.45) is 1.13. The van der Waals surface area contributed by atoms with Crippen LogP contribution < -0.4 is 5.32 Å². The number of thiazole rings is 1. The van der Waals surface area contributed by atoms with Crippen molar-refractivity contribution in [3.05, 3.63) is 40.7 Å². The Morgan fingerprint density at radius 1 is 1.26 bits per heavy atom. The molecule has 0 fully saturated rings. The fraction of sp³-hybridized carbons (Fsp3) is 0.235. The van der Waals surface area contributed by atoms with E-state index in [2.05, 4.69) is 15.3 Å². The highest BCUT2D eigenvalue weighted by Crippen LogP contribution is 2.29. The lowest BCUT2D eigenvalue weighted by molar-refractivity contribution is 0.0599. The van der Waals surface area contributed by atoms with Crippen molar-refractivity contribution in [2.75, 3.05) is 18.7 Å². The zero-order chi connectivity index (χ0) is 19.9. The van der Waals surface area contributed by atoms with Gasteiger partial charge in [0, 0.05) is 11.9 Å². The monoisotopic (exact) mass is 407 g/mol. The summed E-state index contributed by atoms with van der Waals surface area (Å²) in [6.45, 7) is 3.34. The molecule has 0 aliphatic carbocycles. The second kappa shape index (κ2) is 6.78. The first-order valence-corrected chi connectivity index (χ1v) is 10.5. The number of ether oxygens (including phenoxy) is 1. The predicted octanol–water partition coefficient (Wildman–Crippen LogP) is 2.68. The van der Waals surface area contributed by atoms with Crippen molar-refractivity contribution in [3.63, 3.8) is 0 Å². The zero-order valence-corrected chi connectivity index (χ0v) is 16.7. The Kier molecular flexibility index (Phi) is 4.79. The van der Waals surface area contributed by atoms with E-state index < -0.39 is 21.7 Å². The number of rotatable bonds is 4. The summed E-state index contributed by atoms with van der Waals surface area (Å²) in [5.74, 6) is -0.971. The van der Waals surface area contributed by atoms with Gasteiger partial charge in [0.2, 0.25) is 0 Å². The average molecular weight is 407 g/mol. The summed E-state index contributed by atoms with van der Waals surface area (Å²) in [7, 11) is -2.05. The lowest BCUT2D eigenvalue weighted by atomic mass is 10.1. The van der Waals surface area contributed by atoms with Gasteiger partial charge >= 0.3 is 5.97 Å². The average Bonchev–Trinajstić information content (AvgIpc) is 3.12. The van der Waals surface area contributed by atoms with Crippen LogP contribution in [0.25, 0.3) is 10.2 Å². The molecule has 0 atom stereocenters. The van der Waals surface area contributed by atoms with E-state index >= 15 is 0 Å². The van der Waals surface area contributed by atoms with Gasteiger partial charge in [0.25, 0.3) is 5.91 Å². The van der Waals surface area contributed by atoms with Crippen molar-refractivity contribution in [2.45, 2.75) is 18.7 Å². The van der Waals surface area contributed by atoms with Gasteiger partial charge in [-0.25, -0.2) is 18.2 Å². The number of methoxy groups -OCH3 is 1. The molecule has 142 valence electrons. The minimum absolute atomic E-state index is 0.190. The number of H-pyrrole nitrogens is 1. The summed E-state index contributed by atoms with van der Waals surface area (Å²) < 4.78 is 28.7. The van der Waals surface area contributed by atoms with E-state index in [0.717, 1.165) is 6.26 Å². The number of amides is 1. The molecule has 0 saturated carbocycles. The van der Waals surface area contributed by atoms with Gasteiger partial charge in [0.05, 0.1) is 27.8 Å². The number of hydrogen-bond donors (Lipinski definition) is 2. The molecule has 0 bridgehead atoms. The van der Waals surface area contributed by atoms with Crippen LogP contribution in [0.15, 0.2) is 23.1 Å². The zero-order valence-electron chi connectivity index (χ0n) is 15.0. The molecule has 0 radical (unpaired) electrons. The number of sulfone groups is 1. The highest BCUT2D eigenvalue weighted by Gasteiger charge is 2.23. The van der Waals surface area contributed by atoms with Crippen molar-refractivity contribution < 1.29 is 22.7 Å². The van der Waals surface area contributed by atoms with Crippen LogP contribution in [0.1, 0.15) is 32.1 Å². The highest BCUT2D eigenvalue weighted by molar-refractivity contribution is 7.90. The molecule has 0 unspecified atom stereocenters. The molecule has 2 N–H and O–H groups in total. The molecule has 10 heteroatoms. The van der Waals surface area contributed by atoms with E-state index in [1.165, 1.54) is 30.6 Å². The van der Waals surface area contributed by atoms with Gasteiger partial charge in [0.15, 0.2) is 15.0 Å². The van der Waals surface area contributed by atoms with Gasteiger partial charge in [0.1, 0.15) is 5.69 Å². The van der Waals surface area contributed by atoms with Gasteiger partial charge in [-0.3, -0.25) is 10.1 Å². The maximum atomic E-state index is 12.6.